The summed E-state index contributed by atoms with van der Waals surface area (Å²) < 4.78 is 50.9. The van der Waals surface area contributed by atoms with Gasteiger partial charge in [-0.05, 0) is 178 Å². The SMILES string of the molecule is C.CCO.CC[C@H]1C[C@@H](Nc2ncncc2C(=O)c2cc(C(=O)c3cccc(Cl)c3)c(Cl)s2)C[C@@H]1C.CC[C@H]1C[C@@H](Nc2ncncc2C(=O)c2cc(C(O)c3cccc(Cl)c3)c(Cl)s2)C[C@@H]1C.C[C@H]1C[C@H](Nc2ncncc2C(=O)c2cc(C(=O)c3cccc(Cl)c3)c(Cl)s2)C[C@@H]1CO.NS(=O)(=O)OC[C@H]1C[C@@H](Nc2ncncc2C(=O)c2cc(C(O)c3cccc(Cl)c3)c(Cl)s2)C[C@@H]1O.[2H]CC.[O]=[Mn]=[O]. The van der Waals surface area contributed by atoms with Crippen molar-refractivity contribution in [3.63, 3.8) is 0 Å². The number of hydrogen-bond donors (Lipinski definition) is 10. The summed E-state index contributed by atoms with van der Waals surface area (Å²) in [5.41, 5.74) is 4.62. The third-order valence-electron chi connectivity index (χ3n) is 24.0. The van der Waals surface area contributed by atoms with Crippen molar-refractivity contribution in [2.45, 2.75) is 169 Å². The molecule has 14 atom stereocenters. The maximum atomic E-state index is 13.3. The van der Waals surface area contributed by atoms with Crippen LogP contribution in [0.15, 0.2) is 171 Å². The Kier molecular flexibility index (Phi) is 45.0. The standard InChI is InChI=1S/C24H25Cl2N3O2S.C24H23Cl2N3O2S.C23H21Cl2N3O3S.C22H22Cl2N4O6S2.C2H6O.C2H6.CH4.Mn.2O/c2*1-3-14-9-17(7-13(14)2)29-24-19(11-27-12-28-24)22(31)20-10-18(23(26)32-20)21(30)15-5-4-6-16(25)8-15;1-12-5-16(7-14(12)10-29)28-23-18(9-26-11-27-23)21(31)19-8-17(22(25)32-19)20(30)13-3-2-4-15(24)6-13;23-13-3-1-2-11(4-13)19(30)15-7-18(35-21(15)24)20(31)16-8-26-10-27-22(16)28-14-5-12(17(29)6-14)9-34-36(25,32)33;1-2-3;1-2;;;;/h4-6,8,10-14,17,21,30H,3,7,9H2,1-2H3,(H,27,28,29);4-6,8,10-14,17H,3,7,9H2,1-2H3,(H,27,28,29);2-4,6,8-9,11-12,14,16,29H,5,7,10H2,1H3,(H,26,27,28);1-4,7-8,10,12,14,17,19,29-30H,5-6,9H2,(H2,25,32,33)(H,26,27,28);3H,2H2,1H3;1-2H3;1H4;;;/t13-,14-,17-,21?;13-,14-,17-;12-,14+,16-;12-,14-,17+,19?;;;;;;/m0001....../s1/i;;;;;1D;;;;. The van der Waals surface area contributed by atoms with Crippen molar-refractivity contribution in [3.8, 4) is 0 Å². The number of hydrogen-bond acceptors (Lipinski definition) is 32. The van der Waals surface area contributed by atoms with Gasteiger partial charge in [0.15, 0.2) is 11.6 Å². The summed E-state index contributed by atoms with van der Waals surface area (Å²) in [6.45, 7) is 15.2. The number of aliphatic hydroxyl groups is 5. The second kappa shape index (κ2) is 55.6. The summed E-state index contributed by atoms with van der Waals surface area (Å²) in [6.07, 6.45) is 17.4. The Morgan fingerprint density at radius 3 is 1.04 bits per heavy atom. The monoisotopic (exact) mass is 2220 g/mol. The van der Waals surface area contributed by atoms with E-state index in [0.717, 1.165) is 96.7 Å². The van der Waals surface area contributed by atoms with E-state index in [4.69, 9.17) is 112 Å². The molecule has 141 heavy (non-hydrogen) atoms. The van der Waals surface area contributed by atoms with Crippen LogP contribution in [0.25, 0.3) is 0 Å². The molecule has 4 aromatic carbocycles. The molecule has 0 spiro atoms. The molecule has 8 heterocycles. The molecule has 43 heteroatoms. The van der Waals surface area contributed by atoms with Gasteiger partial charge < -0.3 is 46.8 Å². The number of nitrogens with two attached hydrogens (primary N) is 1. The molecular weight excluding hydrogens is 2110 g/mol. The van der Waals surface area contributed by atoms with Crippen molar-refractivity contribution in [2.75, 3.05) is 41.1 Å². The van der Waals surface area contributed by atoms with E-state index >= 15 is 0 Å². The number of benzene rings is 4. The molecule has 4 aliphatic carbocycles. The van der Waals surface area contributed by atoms with Gasteiger partial charge in [0.2, 0.25) is 23.1 Å². The van der Waals surface area contributed by atoms with Crippen LogP contribution in [0, 0.1) is 41.4 Å². The molecule has 12 aromatic rings. The topological polar surface area (TPSA) is 458 Å². The van der Waals surface area contributed by atoms with Crippen LogP contribution >= 0.6 is 138 Å². The van der Waals surface area contributed by atoms with Crippen molar-refractivity contribution in [3.05, 3.63) is 295 Å². The molecule has 4 saturated carbocycles. The molecule has 0 bridgehead atoms. The van der Waals surface area contributed by atoms with Crippen molar-refractivity contribution >= 4 is 206 Å². The molecule has 29 nitrogen and oxygen atoms in total. The molecule has 11 N–H and O–H groups in total. The molecule has 4 fully saturated rings. The van der Waals surface area contributed by atoms with Crippen LogP contribution in [0.3, 0.4) is 0 Å². The Hall–Kier alpha value is -8.67. The van der Waals surface area contributed by atoms with Gasteiger partial charge in [-0.15, -0.1) is 45.3 Å². The zero-order valence-electron chi connectivity index (χ0n) is 77.5. The predicted molar refractivity (Wildman–Crippen MR) is 553 cm³/mol. The molecule has 16 rings (SSSR count). The zero-order chi connectivity index (χ0) is 103. The first-order valence-corrected chi connectivity index (χ1v) is 52.9. The zero-order valence-corrected chi connectivity index (χ0v) is 87.8. The van der Waals surface area contributed by atoms with Gasteiger partial charge in [0.25, 0.3) is 0 Å². The van der Waals surface area contributed by atoms with Crippen LogP contribution in [0.4, 0.5) is 23.3 Å². The van der Waals surface area contributed by atoms with Crippen LogP contribution in [0.5, 0.6) is 0 Å². The first kappa shape index (κ1) is 114. The second-order valence-electron chi connectivity index (χ2n) is 33.3. The van der Waals surface area contributed by atoms with Gasteiger partial charge in [-0.3, -0.25) is 33.0 Å². The normalized spacial score (nSPS) is 19.8. The average Bonchev–Trinajstić information content (AvgIpc) is 1.66. The van der Waals surface area contributed by atoms with Gasteiger partial charge in [-0.1, -0.05) is 210 Å². The summed E-state index contributed by atoms with van der Waals surface area (Å²) in [6, 6.07) is 33.5. The van der Waals surface area contributed by atoms with E-state index in [1.165, 1.54) is 62.2 Å². The van der Waals surface area contributed by atoms with Crippen LogP contribution < -0.4 is 26.4 Å². The second-order valence-corrected chi connectivity index (χ2v) is 43.1. The van der Waals surface area contributed by atoms with Gasteiger partial charge in [0.05, 0.1) is 74.3 Å². The number of nitrogens with one attached hydrogen (secondary N) is 4. The van der Waals surface area contributed by atoms with Crippen molar-refractivity contribution in [1.29, 1.82) is 0 Å². The fraction of sp³-hybridized carbons (Fsp3) is 0.367. The van der Waals surface area contributed by atoms with Crippen LogP contribution in [0.1, 0.15) is 256 Å². The van der Waals surface area contributed by atoms with E-state index < -0.39 is 55.1 Å². The summed E-state index contributed by atoms with van der Waals surface area (Å²) >= 11 is 52.4. The molecule has 8 aromatic heterocycles. The van der Waals surface area contributed by atoms with Crippen LogP contribution in [0.2, 0.25) is 37.4 Å². The van der Waals surface area contributed by atoms with Gasteiger partial charge in [0.1, 0.15) is 69.5 Å². The number of carbonyl (C=O) groups is 6. The minimum absolute atomic E-state index is 0. The van der Waals surface area contributed by atoms with Gasteiger partial charge >= 0.3 is 32.8 Å². The summed E-state index contributed by atoms with van der Waals surface area (Å²) in [5.74, 6) is 2.76. The third kappa shape index (κ3) is 31.7. The molecule has 0 saturated heterocycles. The van der Waals surface area contributed by atoms with Crippen molar-refractivity contribution in [2.24, 2.45) is 46.6 Å². The van der Waals surface area contributed by atoms with E-state index in [1.54, 1.807) is 123 Å². The third-order valence-corrected chi connectivity index (χ3v) is 30.9. The number of nitrogens with zero attached hydrogens (tertiary/aromatic N) is 8. The van der Waals surface area contributed by atoms with Crippen LogP contribution in [-0.4, -0.2) is 159 Å². The minimum atomic E-state index is -4.12. The number of ketones is 6. The van der Waals surface area contributed by atoms with Gasteiger partial charge in [-0.25, -0.2) is 45.0 Å². The number of anilines is 4. The number of rotatable bonds is 30. The average molecular weight is 2220 g/mol. The summed E-state index contributed by atoms with van der Waals surface area (Å²) in [7, 11) is -4.12. The molecule has 2 unspecified atom stereocenters. The molecular formula is C98H107Cl8MnN13O16S5. The molecule has 4 aliphatic rings. The number of aliphatic hydroxyl groups excluding tert-OH is 5. The summed E-state index contributed by atoms with van der Waals surface area (Å²) in [5, 5.41) is 69.1. The van der Waals surface area contributed by atoms with Gasteiger partial charge in [0, 0.05) is 112 Å². The van der Waals surface area contributed by atoms with Gasteiger partial charge in [-0.2, -0.15) is 8.42 Å². The quantitative estimate of drug-likeness (QED) is 0.0148. The van der Waals surface area contributed by atoms with E-state index in [0.29, 0.717) is 149 Å². The Labute approximate surface area is 881 Å². The van der Waals surface area contributed by atoms with E-state index in [9.17, 15) is 57.6 Å². The predicted octanol–water partition coefficient (Wildman–Crippen LogP) is 22.4. The summed E-state index contributed by atoms with van der Waals surface area (Å²) in [4.78, 5) is 114. The Balaban J connectivity index is 0.000000205. The Morgan fingerprint density at radius 2 is 0.745 bits per heavy atom. The van der Waals surface area contributed by atoms with Crippen molar-refractivity contribution in [1.82, 2.24) is 39.9 Å². The number of thiophene rings is 4. The molecule has 0 amide bonds. The first-order chi connectivity index (χ1) is 67.4. The number of carbonyl (C=O) groups excluding carboxylic acids is 6. The Morgan fingerprint density at radius 1 is 0.454 bits per heavy atom. The van der Waals surface area contributed by atoms with E-state index in [-0.39, 0.29) is 133 Å². The van der Waals surface area contributed by atoms with E-state index in [2.05, 4.69) is 99.9 Å². The van der Waals surface area contributed by atoms with E-state index in [1.807, 2.05) is 0 Å². The number of aromatic nitrogens is 8. The van der Waals surface area contributed by atoms with Crippen molar-refractivity contribution < 1.29 is 90.8 Å². The number of halogens is 8. The Bertz CT molecular complexity index is 6310. The fourth-order valence-corrected chi connectivity index (χ4v) is 23.1. The fourth-order valence-electron chi connectivity index (χ4n) is 17.0. The first-order valence-electron chi connectivity index (χ1n) is 44.9. The molecule has 0 aliphatic heterocycles. The maximum absolute atomic E-state index is 13.3. The molecule has 0 radical (unpaired) electrons. The molecule has 753 valence electrons. The van der Waals surface area contributed by atoms with Crippen LogP contribution in [-0.2, 0) is 37.0 Å².